The number of aromatic amines is 1. The average molecular weight is 671 g/mol. The number of benzene rings is 3. The second-order valence-corrected chi connectivity index (χ2v) is 14.4. The van der Waals surface area contributed by atoms with E-state index in [0.717, 1.165) is 26.8 Å². The maximum absolute atomic E-state index is 14.0. The summed E-state index contributed by atoms with van der Waals surface area (Å²) in [5.74, 6) is -2.14. The summed E-state index contributed by atoms with van der Waals surface area (Å²) in [4.78, 5) is 68.8. The predicted molar refractivity (Wildman–Crippen MR) is 173 cm³/mol. The Bertz CT molecular complexity index is 2010. The minimum absolute atomic E-state index is 0.0524. The molecule has 3 N–H and O–H groups in total. The molecule has 0 spiro atoms. The zero-order valence-corrected chi connectivity index (χ0v) is 26.0. The van der Waals surface area contributed by atoms with Gasteiger partial charge in [-0.2, -0.15) is 0 Å². The van der Waals surface area contributed by atoms with Crippen LogP contribution in [0.3, 0.4) is 0 Å². The number of imide groups is 1. The van der Waals surface area contributed by atoms with Crippen molar-refractivity contribution in [2.75, 3.05) is 16.8 Å². The molecule has 3 amide bonds. The summed E-state index contributed by atoms with van der Waals surface area (Å²) in [6, 6.07) is 19.0. The van der Waals surface area contributed by atoms with Crippen LogP contribution < -0.4 is 19.8 Å². The molecule has 1 saturated heterocycles. The van der Waals surface area contributed by atoms with Gasteiger partial charge in [0.2, 0.25) is 11.8 Å². The lowest BCUT2D eigenvalue weighted by Crippen LogP contribution is -2.42. The summed E-state index contributed by atoms with van der Waals surface area (Å²) >= 11 is 2.69. The van der Waals surface area contributed by atoms with Crippen LogP contribution in [0.1, 0.15) is 22.8 Å². The van der Waals surface area contributed by atoms with E-state index >= 15 is 0 Å². The highest BCUT2D eigenvalue weighted by atomic mass is 32.2. The number of nitrogens with one attached hydrogen (secondary N) is 2. The van der Waals surface area contributed by atoms with Gasteiger partial charge in [-0.1, -0.05) is 29.5 Å². The highest BCUT2D eigenvalue weighted by molar-refractivity contribution is 8.00. The van der Waals surface area contributed by atoms with Gasteiger partial charge in [0.15, 0.2) is 6.61 Å². The molecule has 47 heavy (non-hydrogen) atoms. The van der Waals surface area contributed by atoms with E-state index in [-0.39, 0.29) is 63.7 Å². The summed E-state index contributed by atoms with van der Waals surface area (Å²) in [7, 11) is 0. The largest absolute Gasteiger partial charge is 0.508 e. The molecule has 4 aliphatic rings. The van der Waals surface area contributed by atoms with Crippen molar-refractivity contribution in [2.45, 2.75) is 22.6 Å². The van der Waals surface area contributed by atoms with Gasteiger partial charge < -0.3 is 20.1 Å². The number of anilines is 2. The molecule has 3 heterocycles. The van der Waals surface area contributed by atoms with Crippen LogP contribution in [0.25, 0.3) is 0 Å². The Hall–Kier alpha value is -4.95. The molecular weight excluding hydrogens is 645 g/mol. The van der Waals surface area contributed by atoms with Gasteiger partial charge in [0.05, 0.1) is 27.5 Å². The molecule has 0 unspecified atom stereocenters. The Balaban J connectivity index is 1.11. The van der Waals surface area contributed by atoms with Gasteiger partial charge >= 0.3 is 4.87 Å². The van der Waals surface area contributed by atoms with Gasteiger partial charge in [0.1, 0.15) is 11.5 Å². The number of carbonyl (C=O) groups excluding carboxylic acids is 3. The highest BCUT2D eigenvalue weighted by Crippen LogP contribution is 2.69. The summed E-state index contributed by atoms with van der Waals surface area (Å²) in [5, 5.41) is 24.1. The number of H-pyrrole nitrogens is 1. The number of amides is 3. The van der Waals surface area contributed by atoms with Crippen LogP contribution in [0.5, 0.6) is 11.5 Å². The molecule has 12 nitrogen and oxygen atoms in total. The van der Waals surface area contributed by atoms with Crippen molar-refractivity contribution >= 4 is 57.9 Å². The SMILES string of the molecule is O=C(COc1ccccc1[C@@H]1c2sc(=O)[nH]c2S[C@@H]2[C@@H]3C[C@@H]([C@@H]4C(=O)N(c5ccc([N+](=O)[O-])cc5)C(=O)[C@@H]34)[C@H]12)Nc1ccc(O)cc1. The van der Waals surface area contributed by atoms with Crippen LogP contribution in [0.2, 0.25) is 0 Å². The monoisotopic (exact) mass is 670 g/mol. The number of thioether (sulfide) groups is 1. The lowest BCUT2D eigenvalue weighted by molar-refractivity contribution is -0.384. The minimum atomic E-state index is -0.548. The smallest absolute Gasteiger partial charge is 0.305 e. The molecule has 3 aromatic carbocycles. The number of aromatic hydroxyl groups is 1. The van der Waals surface area contributed by atoms with Crippen molar-refractivity contribution in [3.8, 4) is 11.5 Å². The Morgan fingerprint density at radius 1 is 1.00 bits per heavy atom. The topological polar surface area (TPSA) is 172 Å². The van der Waals surface area contributed by atoms with E-state index in [1.807, 2.05) is 18.2 Å². The number of nitro groups is 1. The predicted octanol–water partition coefficient (Wildman–Crippen LogP) is 4.75. The fourth-order valence-electron chi connectivity index (χ4n) is 8.10. The van der Waals surface area contributed by atoms with Crippen LogP contribution in [0.4, 0.5) is 17.1 Å². The van der Waals surface area contributed by atoms with E-state index < -0.39 is 22.7 Å². The fraction of sp³-hybridized carbons (Fsp3) is 0.273. The maximum Gasteiger partial charge on any atom is 0.305 e. The van der Waals surface area contributed by atoms with E-state index in [9.17, 15) is 34.4 Å². The number of aromatic nitrogens is 1. The number of phenolic OH excluding ortho intramolecular Hbond substituents is 1. The number of rotatable bonds is 7. The number of hydrogen-bond acceptors (Lipinski definition) is 10. The second-order valence-electron chi connectivity index (χ2n) is 12.2. The molecule has 2 aliphatic heterocycles. The number of thiazole rings is 1. The van der Waals surface area contributed by atoms with Crippen molar-refractivity contribution < 1.29 is 29.2 Å². The number of nitrogens with zero attached hydrogens (tertiary/aromatic N) is 2. The third-order valence-electron chi connectivity index (χ3n) is 9.81. The van der Waals surface area contributed by atoms with Crippen molar-refractivity contribution in [3.05, 3.63) is 103 Å². The quantitative estimate of drug-likeness (QED) is 0.109. The van der Waals surface area contributed by atoms with Gasteiger partial charge in [-0.05, 0) is 66.6 Å². The third-order valence-corrected chi connectivity index (χ3v) is 12.4. The zero-order chi connectivity index (χ0) is 32.6. The normalized spacial score (nSPS) is 26.9. The first-order valence-electron chi connectivity index (χ1n) is 15.0. The molecule has 3 fully saturated rings. The number of fused-ring (bicyclic) bond motifs is 9. The standard InChI is InChI=1S/C33H26N4O8S2/c38-18-11-5-15(6-12-18)34-23(39)14-45-22-4-2-1-3-19(22)24-25-20-13-21(28(25)46-30-29(24)47-33(42)35-30)27-26(20)31(40)36(32(27)41)16-7-9-17(10-8-16)37(43)44/h1-12,20-21,24-28,38H,13-14H2,(H,34,39)(H,35,42)/t20-,21-,24+,25-,26+,27+,28-/m1/s1. The van der Waals surface area contributed by atoms with Gasteiger partial charge in [-0.25, -0.2) is 0 Å². The number of carbonyl (C=O) groups is 3. The lowest BCUT2D eigenvalue weighted by Gasteiger charge is -2.43. The summed E-state index contributed by atoms with van der Waals surface area (Å²) in [5.41, 5.74) is 1.50. The van der Waals surface area contributed by atoms with Gasteiger partial charge in [-0.3, -0.25) is 34.2 Å². The Kier molecular flexibility index (Phi) is 6.95. The number of ether oxygens (including phenoxy) is 1. The fourth-order valence-corrected chi connectivity index (χ4v) is 11.0. The summed E-state index contributed by atoms with van der Waals surface area (Å²) in [6.07, 6.45) is 0.691. The molecule has 8 rings (SSSR count). The molecule has 2 aliphatic carbocycles. The second kappa shape index (κ2) is 11.1. The third kappa shape index (κ3) is 4.73. The molecule has 2 saturated carbocycles. The van der Waals surface area contributed by atoms with Crippen LogP contribution in [0, 0.1) is 39.7 Å². The number of non-ortho nitro benzene ring substituents is 1. The molecule has 7 atom stereocenters. The van der Waals surface area contributed by atoms with Gasteiger partial charge in [-0.15, -0.1) is 11.8 Å². The number of phenols is 1. The number of para-hydroxylation sites is 1. The summed E-state index contributed by atoms with van der Waals surface area (Å²) in [6.45, 7) is -0.280. The molecule has 0 radical (unpaired) electrons. The first kappa shape index (κ1) is 29.5. The Morgan fingerprint density at radius 3 is 2.43 bits per heavy atom. The number of hydrogen-bond donors (Lipinski definition) is 3. The van der Waals surface area contributed by atoms with E-state index in [2.05, 4.69) is 10.3 Å². The van der Waals surface area contributed by atoms with Gasteiger partial charge in [0.25, 0.3) is 11.6 Å². The summed E-state index contributed by atoms with van der Waals surface area (Å²) < 4.78 is 6.10. The first-order chi connectivity index (χ1) is 22.7. The first-order valence-corrected chi connectivity index (χ1v) is 16.7. The molecular formula is C33H26N4O8S2. The lowest BCUT2D eigenvalue weighted by atomic mass is 9.68. The minimum Gasteiger partial charge on any atom is -0.508 e. The van der Waals surface area contributed by atoms with Crippen LogP contribution in [-0.2, 0) is 14.4 Å². The van der Waals surface area contributed by atoms with Crippen molar-refractivity contribution in [1.29, 1.82) is 0 Å². The van der Waals surface area contributed by atoms with Crippen molar-refractivity contribution in [3.63, 3.8) is 0 Å². The van der Waals surface area contributed by atoms with E-state index in [1.165, 1.54) is 41.3 Å². The number of nitro benzene ring substituents is 1. The molecule has 1 aromatic heterocycles. The highest BCUT2D eigenvalue weighted by Gasteiger charge is 2.69. The van der Waals surface area contributed by atoms with Crippen LogP contribution in [0.15, 0.2) is 82.6 Å². The van der Waals surface area contributed by atoms with Crippen molar-refractivity contribution in [2.24, 2.45) is 29.6 Å². The molecule has 2 bridgehead atoms. The van der Waals surface area contributed by atoms with E-state index in [0.29, 0.717) is 23.5 Å². The van der Waals surface area contributed by atoms with E-state index in [4.69, 9.17) is 4.74 Å². The molecule has 14 heteroatoms. The molecule has 238 valence electrons. The Morgan fingerprint density at radius 2 is 1.70 bits per heavy atom. The maximum atomic E-state index is 14.0. The van der Waals surface area contributed by atoms with Crippen molar-refractivity contribution in [1.82, 2.24) is 4.98 Å². The van der Waals surface area contributed by atoms with Crippen LogP contribution >= 0.6 is 23.1 Å². The Labute approximate surface area is 274 Å². The average Bonchev–Trinajstić information content (AvgIpc) is 3.80. The van der Waals surface area contributed by atoms with Gasteiger partial charge in [0, 0.05) is 39.4 Å². The van der Waals surface area contributed by atoms with E-state index in [1.54, 1.807) is 30.0 Å². The zero-order valence-electron chi connectivity index (χ0n) is 24.4. The van der Waals surface area contributed by atoms with Crippen LogP contribution in [-0.4, -0.2) is 44.6 Å². The molecule has 4 aromatic rings.